The van der Waals surface area contributed by atoms with Gasteiger partial charge in [-0.15, -0.1) is 0 Å². The molecule has 5 heteroatoms. The Hall–Kier alpha value is -0.520. The minimum Gasteiger partial charge on any atom is -0.316 e. The summed E-state index contributed by atoms with van der Waals surface area (Å²) in [6.07, 6.45) is 3.25. The molecule has 2 N–H and O–H groups in total. The maximum atomic E-state index is 8.25. The van der Waals surface area contributed by atoms with Crippen LogP contribution in [0.4, 0.5) is 0 Å². The van der Waals surface area contributed by atoms with Gasteiger partial charge in [-0.05, 0) is 15.9 Å². The van der Waals surface area contributed by atoms with E-state index in [9.17, 15) is 0 Å². The van der Waals surface area contributed by atoms with Crippen molar-refractivity contribution in [2.75, 3.05) is 0 Å². The largest absolute Gasteiger partial charge is 0.316 e. The highest BCUT2D eigenvalue weighted by Crippen LogP contribution is 2.03. The number of rotatable bonds is 2. The predicted octanol–water partition coefficient (Wildman–Crippen LogP) is 0.718. The molecule has 1 aromatic heterocycles. The standard InChI is InChI=1S/C5H6BrN3O/c6-4-1-7-5(3-9-10)8-2-4/h1-2,9-10H,3H2. The van der Waals surface area contributed by atoms with E-state index in [0.29, 0.717) is 5.82 Å². The van der Waals surface area contributed by atoms with Gasteiger partial charge < -0.3 is 5.21 Å². The van der Waals surface area contributed by atoms with Crippen molar-refractivity contribution in [1.82, 2.24) is 15.4 Å². The highest BCUT2D eigenvalue weighted by atomic mass is 79.9. The van der Waals surface area contributed by atoms with Crippen LogP contribution in [-0.2, 0) is 6.54 Å². The summed E-state index contributed by atoms with van der Waals surface area (Å²) in [5.41, 5.74) is 1.96. The zero-order valence-corrected chi connectivity index (χ0v) is 6.67. The van der Waals surface area contributed by atoms with Crippen molar-refractivity contribution in [3.05, 3.63) is 22.7 Å². The SMILES string of the molecule is ONCc1ncc(Br)cn1. The molecule has 0 amide bonds. The first-order valence-corrected chi connectivity index (χ1v) is 3.45. The van der Waals surface area contributed by atoms with Gasteiger partial charge in [-0.3, -0.25) is 0 Å². The third-order valence-electron chi connectivity index (χ3n) is 0.911. The number of aromatic nitrogens is 2. The number of halogens is 1. The zero-order valence-electron chi connectivity index (χ0n) is 5.08. The molecule has 10 heavy (non-hydrogen) atoms. The molecule has 0 aliphatic rings. The van der Waals surface area contributed by atoms with Crippen LogP contribution in [0.2, 0.25) is 0 Å². The lowest BCUT2D eigenvalue weighted by atomic mass is 10.5. The van der Waals surface area contributed by atoms with Crippen molar-refractivity contribution >= 4 is 15.9 Å². The van der Waals surface area contributed by atoms with E-state index in [4.69, 9.17) is 5.21 Å². The van der Waals surface area contributed by atoms with Gasteiger partial charge >= 0.3 is 0 Å². The molecule has 1 heterocycles. The normalized spacial score (nSPS) is 9.80. The van der Waals surface area contributed by atoms with Crippen LogP contribution in [0, 0.1) is 0 Å². The molecule has 0 aliphatic carbocycles. The quantitative estimate of drug-likeness (QED) is 0.696. The summed E-state index contributed by atoms with van der Waals surface area (Å²) in [7, 11) is 0. The van der Waals surface area contributed by atoms with Gasteiger partial charge in [0, 0.05) is 12.4 Å². The fourth-order valence-corrected chi connectivity index (χ4v) is 0.706. The zero-order chi connectivity index (χ0) is 7.40. The monoisotopic (exact) mass is 203 g/mol. The van der Waals surface area contributed by atoms with E-state index >= 15 is 0 Å². The summed E-state index contributed by atoms with van der Waals surface area (Å²) in [5, 5.41) is 8.25. The topological polar surface area (TPSA) is 58.0 Å². The Morgan fingerprint density at radius 2 is 2.10 bits per heavy atom. The van der Waals surface area contributed by atoms with Gasteiger partial charge in [0.05, 0.1) is 11.0 Å². The minimum atomic E-state index is 0.271. The smallest absolute Gasteiger partial charge is 0.144 e. The molecule has 1 aromatic rings. The van der Waals surface area contributed by atoms with Gasteiger partial charge in [-0.25, -0.2) is 9.97 Å². The first kappa shape index (κ1) is 7.59. The van der Waals surface area contributed by atoms with Crippen LogP contribution >= 0.6 is 15.9 Å². The van der Waals surface area contributed by atoms with Gasteiger partial charge in [0.2, 0.25) is 0 Å². The van der Waals surface area contributed by atoms with E-state index in [1.165, 1.54) is 0 Å². The van der Waals surface area contributed by atoms with E-state index in [2.05, 4.69) is 25.9 Å². The molecule has 0 aromatic carbocycles. The minimum absolute atomic E-state index is 0.271. The second kappa shape index (κ2) is 3.60. The number of hydrogen-bond donors (Lipinski definition) is 2. The summed E-state index contributed by atoms with van der Waals surface area (Å²) in [5.74, 6) is 0.561. The Kier molecular flexibility index (Phi) is 2.73. The van der Waals surface area contributed by atoms with Gasteiger partial charge in [0.15, 0.2) is 0 Å². The molecule has 0 saturated carbocycles. The van der Waals surface area contributed by atoms with Crippen molar-refractivity contribution in [2.45, 2.75) is 6.54 Å². The van der Waals surface area contributed by atoms with Gasteiger partial charge in [-0.2, -0.15) is 5.48 Å². The Balaban J connectivity index is 2.69. The first-order valence-electron chi connectivity index (χ1n) is 2.66. The molecule has 0 radical (unpaired) electrons. The second-order valence-electron chi connectivity index (χ2n) is 1.65. The van der Waals surface area contributed by atoms with Gasteiger partial charge in [0.1, 0.15) is 5.82 Å². The lowest BCUT2D eigenvalue weighted by Gasteiger charge is -1.95. The van der Waals surface area contributed by atoms with E-state index in [-0.39, 0.29) is 6.54 Å². The highest BCUT2D eigenvalue weighted by Gasteiger charge is 1.92. The molecule has 0 atom stereocenters. The fraction of sp³-hybridized carbons (Fsp3) is 0.200. The Bertz CT molecular complexity index is 201. The lowest BCUT2D eigenvalue weighted by Crippen LogP contribution is -2.09. The molecule has 0 bridgehead atoms. The molecule has 1 rings (SSSR count). The van der Waals surface area contributed by atoms with Crippen LogP contribution in [0.1, 0.15) is 5.82 Å². The summed E-state index contributed by atoms with van der Waals surface area (Å²) in [6.45, 7) is 0.271. The summed E-state index contributed by atoms with van der Waals surface area (Å²) in [4.78, 5) is 7.78. The Morgan fingerprint density at radius 3 is 2.60 bits per heavy atom. The summed E-state index contributed by atoms with van der Waals surface area (Å²) in [6, 6.07) is 0. The predicted molar refractivity (Wildman–Crippen MR) is 38.4 cm³/mol. The molecule has 4 nitrogen and oxygen atoms in total. The Labute approximate surface area is 66.4 Å². The molecular weight excluding hydrogens is 198 g/mol. The summed E-state index contributed by atoms with van der Waals surface area (Å²) < 4.78 is 0.828. The number of hydroxylamine groups is 1. The third kappa shape index (κ3) is 2.02. The van der Waals surface area contributed by atoms with E-state index in [0.717, 1.165) is 4.47 Å². The van der Waals surface area contributed by atoms with Crippen LogP contribution < -0.4 is 5.48 Å². The molecule has 0 saturated heterocycles. The maximum absolute atomic E-state index is 8.25. The molecule has 0 unspecified atom stereocenters. The highest BCUT2D eigenvalue weighted by molar-refractivity contribution is 9.10. The molecule has 54 valence electrons. The Morgan fingerprint density at radius 1 is 1.50 bits per heavy atom. The lowest BCUT2D eigenvalue weighted by molar-refractivity contribution is 0.158. The van der Waals surface area contributed by atoms with Gasteiger partial charge in [-0.1, -0.05) is 0 Å². The van der Waals surface area contributed by atoms with Crippen molar-refractivity contribution in [2.24, 2.45) is 0 Å². The number of hydrogen-bond acceptors (Lipinski definition) is 4. The third-order valence-corrected chi connectivity index (χ3v) is 1.32. The summed E-state index contributed by atoms with van der Waals surface area (Å²) >= 11 is 3.19. The maximum Gasteiger partial charge on any atom is 0.144 e. The van der Waals surface area contributed by atoms with Gasteiger partial charge in [0.25, 0.3) is 0 Å². The number of nitrogens with one attached hydrogen (secondary N) is 1. The van der Waals surface area contributed by atoms with E-state index in [1.807, 2.05) is 5.48 Å². The molecule has 0 aliphatic heterocycles. The second-order valence-corrected chi connectivity index (χ2v) is 2.57. The molecular formula is C5H6BrN3O. The first-order chi connectivity index (χ1) is 4.83. The fourth-order valence-electron chi connectivity index (χ4n) is 0.501. The van der Waals surface area contributed by atoms with Crippen LogP contribution in [0.15, 0.2) is 16.9 Å². The number of nitrogens with zero attached hydrogens (tertiary/aromatic N) is 2. The molecule has 0 fully saturated rings. The van der Waals surface area contributed by atoms with Crippen molar-refractivity contribution < 1.29 is 5.21 Å². The van der Waals surface area contributed by atoms with Crippen LogP contribution in [0.5, 0.6) is 0 Å². The van der Waals surface area contributed by atoms with Crippen molar-refractivity contribution in [1.29, 1.82) is 0 Å². The van der Waals surface area contributed by atoms with Crippen molar-refractivity contribution in [3.8, 4) is 0 Å². The van der Waals surface area contributed by atoms with Crippen LogP contribution in [0.25, 0.3) is 0 Å². The van der Waals surface area contributed by atoms with Crippen molar-refractivity contribution in [3.63, 3.8) is 0 Å². The van der Waals surface area contributed by atoms with Crippen LogP contribution in [0.3, 0.4) is 0 Å². The molecule has 0 spiro atoms. The average Bonchev–Trinajstić information content (AvgIpc) is 1.95. The average molecular weight is 204 g/mol. The van der Waals surface area contributed by atoms with E-state index in [1.54, 1.807) is 12.4 Å². The van der Waals surface area contributed by atoms with E-state index < -0.39 is 0 Å². The van der Waals surface area contributed by atoms with Crippen LogP contribution in [-0.4, -0.2) is 15.2 Å².